The Morgan fingerprint density at radius 1 is 1.18 bits per heavy atom. The Bertz CT molecular complexity index is 1330. The van der Waals surface area contributed by atoms with E-state index in [0.29, 0.717) is 22.9 Å². The lowest BCUT2D eigenvalue weighted by molar-refractivity contribution is -0.119. The average molecular weight is 480 g/mol. The van der Waals surface area contributed by atoms with Crippen LogP contribution >= 0.6 is 23.1 Å². The molecule has 1 amide bonds. The Morgan fingerprint density at radius 2 is 2.00 bits per heavy atom. The van der Waals surface area contributed by atoms with Crippen molar-refractivity contribution >= 4 is 49.3 Å². The highest BCUT2D eigenvalue weighted by Gasteiger charge is 2.19. The van der Waals surface area contributed by atoms with Gasteiger partial charge < -0.3 is 10.1 Å². The highest BCUT2D eigenvalue weighted by molar-refractivity contribution is 7.99. The van der Waals surface area contributed by atoms with E-state index in [1.165, 1.54) is 23.1 Å². The molecule has 0 spiro atoms. The van der Waals surface area contributed by atoms with Crippen LogP contribution in [0.25, 0.3) is 20.3 Å². The van der Waals surface area contributed by atoms with Gasteiger partial charge in [-0.25, -0.2) is 4.98 Å². The Hall–Kier alpha value is -2.68. The average Bonchev–Trinajstić information content (AvgIpc) is 3.50. The molecule has 1 aliphatic rings. The number of carbonyl (C=O) groups excluding carboxylic acids is 1. The summed E-state index contributed by atoms with van der Waals surface area (Å²) in [5.41, 5.74) is 1.84. The number of nitrogens with zero attached hydrogens (tertiary/aromatic N) is 2. The summed E-state index contributed by atoms with van der Waals surface area (Å²) in [6.07, 6.45) is 2.85. The fourth-order valence-electron chi connectivity index (χ4n) is 4.06. The van der Waals surface area contributed by atoms with Crippen molar-refractivity contribution in [2.75, 3.05) is 18.9 Å². The lowest BCUT2D eigenvalue weighted by Gasteiger charge is -2.13. The van der Waals surface area contributed by atoms with Crippen molar-refractivity contribution in [3.05, 3.63) is 70.5 Å². The summed E-state index contributed by atoms with van der Waals surface area (Å²) in [6.45, 7) is 1.81. The number of carbonyl (C=O) groups is 1. The molecule has 3 heterocycles. The molecule has 0 unspecified atom stereocenters. The van der Waals surface area contributed by atoms with E-state index in [4.69, 9.17) is 9.72 Å². The summed E-state index contributed by atoms with van der Waals surface area (Å²) >= 11 is 2.80. The van der Waals surface area contributed by atoms with Crippen LogP contribution in [0.3, 0.4) is 0 Å². The second-order valence-corrected chi connectivity index (χ2v) is 10.1. The van der Waals surface area contributed by atoms with Gasteiger partial charge in [0.15, 0.2) is 5.16 Å². The van der Waals surface area contributed by atoms with Gasteiger partial charge in [0.1, 0.15) is 4.70 Å². The number of hydrogen-bond donors (Lipinski definition) is 1. The van der Waals surface area contributed by atoms with E-state index in [-0.39, 0.29) is 23.3 Å². The molecule has 1 saturated heterocycles. The van der Waals surface area contributed by atoms with Crippen LogP contribution in [0.1, 0.15) is 18.4 Å². The molecule has 170 valence electrons. The maximum atomic E-state index is 13.5. The highest BCUT2D eigenvalue weighted by atomic mass is 32.2. The number of aromatic nitrogens is 2. The van der Waals surface area contributed by atoms with E-state index in [9.17, 15) is 9.59 Å². The number of benzene rings is 2. The number of thiophene rings is 1. The van der Waals surface area contributed by atoms with Gasteiger partial charge in [0.05, 0.1) is 17.4 Å². The van der Waals surface area contributed by atoms with Crippen LogP contribution in [0.15, 0.2) is 64.5 Å². The van der Waals surface area contributed by atoms with E-state index < -0.39 is 0 Å². The topological polar surface area (TPSA) is 73.2 Å². The smallest absolute Gasteiger partial charge is 0.272 e. The van der Waals surface area contributed by atoms with Gasteiger partial charge in [0.2, 0.25) is 5.91 Å². The molecule has 0 radical (unpaired) electrons. The van der Waals surface area contributed by atoms with Crippen molar-refractivity contribution in [1.29, 1.82) is 0 Å². The van der Waals surface area contributed by atoms with Crippen LogP contribution < -0.4 is 10.9 Å². The molecule has 0 aliphatic carbocycles. The summed E-state index contributed by atoms with van der Waals surface area (Å²) in [4.78, 5) is 30.8. The van der Waals surface area contributed by atoms with Crippen LogP contribution in [-0.4, -0.2) is 40.5 Å². The zero-order chi connectivity index (χ0) is 22.6. The largest absolute Gasteiger partial charge is 0.376 e. The number of fused-ring (bicyclic) bond motifs is 3. The summed E-state index contributed by atoms with van der Waals surface area (Å²) in [5.74, 6) is 0.132. The first-order valence-corrected chi connectivity index (χ1v) is 13.0. The second kappa shape index (κ2) is 10.1. The number of nitrogens with one attached hydrogen (secondary N) is 1. The fraction of sp³-hybridized carbons (Fsp3) is 0.320. The maximum absolute atomic E-state index is 13.5. The molecule has 1 atom stereocenters. The first kappa shape index (κ1) is 22.1. The molecule has 8 heteroatoms. The minimum absolute atomic E-state index is 0.0422. The minimum atomic E-state index is -0.0744. The molecule has 6 nitrogen and oxygen atoms in total. The summed E-state index contributed by atoms with van der Waals surface area (Å²) < 4.78 is 9.01. The molecule has 1 fully saturated rings. The van der Waals surface area contributed by atoms with Crippen molar-refractivity contribution in [3.63, 3.8) is 0 Å². The van der Waals surface area contributed by atoms with E-state index in [1.54, 1.807) is 4.57 Å². The lowest BCUT2D eigenvalue weighted by atomic mass is 10.1. The normalized spacial score (nSPS) is 15.9. The number of ether oxygens (including phenoxy) is 1. The van der Waals surface area contributed by atoms with E-state index in [1.807, 2.05) is 42.5 Å². The van der Waals surface area contributed by atoms with Crippen LogP contribution in [0.5, 0.6) is 0 Å². The molecular formula is C25H25N3O3S2. The molecule has 1 aliphatic heterocycles. The van der Waals surface area contributed by atoms with Gasteiger partial charge in [0, 0.05) is 29.8 Å². The highest BCUT2D eigenvalue weighted by Crippen LogP contribution is 2.31. The van der Waals surface area contributed by atoms with Crippen molar-refractivity contribution in [3.8, 4) is 0 Å². The Balaban J connectivity index is 1.41. The summed E-state index contributed by atoms with van der Waals surface area (Å²) in [6, 6.07) is 18.0. The fourth-order valence-corrected chi connectivity index (χ4v) is 6.00. The predicted octanol–water partition coefficient (Wildman–Crippen LogP) is 4.24. The first-order valence-electron chi connectivity index (χ1n) is 11.2. The van der Waals surface area contributed by atoms with E-state index in [2.05, 4.69) is 17.4 Å². The van der Waals surface area contributed by atoms with E-state index in [0.717, 1.165) is 47.0 Å². The molecule has 0 saturated carbocycles. The quantitative estimate of drug-likeness (QED) is 0.302. The standard InChI is InChI=1S/C25H25N3O3S2/c29-21(26-15-18-9-6-14-31-18)16-32-25-27-22-19-10-4-5-11-20(19)33-23(22)24(30)28(25)13-12-17-7-2-1-3-8-17/h1-5,7-8,10-11,18H,6,9,12-16H2,(H,26,29)/t18-/m0/s1. The summed E-state index contributed by atoms with van der Waals surface area (Å²) in [5, 5.41) is 4.51. The number of rotatable bonds is 8. The van der Waals surface area contributed by atoms with Crippen LogP contribution in [0.2, 0.25) is 0 Å². The molecule has 33 heavy (non-hydrogen) atoms. The van der Waals surface area contributed by atoms with Gasteiger partial charge in [-0.2, -0.15) is 0 Å². The molecule has 5 rings (SSSR count). The van der Waals surface area contributed by atoms with Crippen LogP contribution in [0, 0.1) is 0 Å². The molecule has 4 aromatic rings. The van der Waals surface area contributed by atoms with Gasteiger partial charge in [-0.05, 0) is 30.9 Å². The molecule has 2 aromatic heterocycles. The van der Waals surface area contributed by atoms with Crippen LogP contribution in [0.4, 0.5) is 0 Å². The van der Waals surface area contributed by atoms with Crippen LogP contribution in [-0.2, 0) is 22.5 Å². The SMILES string of the molecule is O=C(CSc1nc2c(sc3ccccc32)c(=O)n1CCc1ccccc1)NC[C@@H]1CCCO1. The minimum Gasteiger partial charge on any atom is -0.376 e. The third kappa shape index (κ3) is 4.98. The molecule has 1 N–H and O–H groups in total. The zero-order valence-electron chi connectivity index (χ0n) is 18.2. The van der Waals surface area contributed by atoms with Gasteiger partial charge in [-0.15, -0.1) is 11.3 Å². The lowest BCUT2D eigenvalue weighted by Crippen LogP contribution is -2.33. The third-order valence-corrected chi connectivity index (χ3v) is 7.92. The van der Waals surface area contributed by atoms with E-state index >= 15 is 0 Å². The van der Waals surface area contributed by atoms with Crippen molar-refractivity contribution in [1.82, 2.24) is 14.9 Å². The third-order valence-electron chi connectivity index (χ3n) is 5.80. The molecular weight excluding hydrogens is 454 g/mol. The Labute approximate surface area is 200 Å². The van der Waals surface area contributed by atoms with Gasteiger partial charge in [-0.1, -0.05) is 60.3 Å². The van der Waals surface area contributed by atoms with Gasteiger partial charge >= 0.3 is 0 Å². The predicted molar refractivity (Wildman–Crippen MR) is 134 cm³/mol. The Morgan fingerprint density at radius 3 is 2.82 bits per heavy atom. The van der Waals surface area contributed by atoms with Gasteiger partial charge in [-0.3, -0.25) is 14.2 Å². The monoisotopic (exact) mass is 479 g/mol. The number of thioether (sulfide) groups is 1. The zero-order valence-corrected chi connectivity index (χ0v) is 19.8. The number of aryl methyl sites for hydroxylation is 1. The molecule has 0 bridgehead atoms. The summed E-state index contributed by atoms with van der Waals surface area (Å²) in [7, 11) is 0. The van der Waals surface area contributed by atoms with Crippen molar-refractivity contribution in [2.24, 2.45) is 0 Å². The first-order chi connectivity index (χ1) is 16.2. The Kier molecular flexibility index (Phi) is 6.75. The number of hydrogen-bond acceptors (Lipinski definition) is 6. The maximum Gasteiger partial charge on any atom is 0.272 e. The van der Waals surface area contributed by atoms with Crippen molar-refractivity contribution in [2.45, 2.75) is 37.1 Å². The van der Waals surface area contributed by atoms with Crippen molar-refractivity contribution < 1.29 is 9.53 Å². The number of amides is 1. The van der Waals surface area contributed by atoms with Gasteiger partial charge in [0.25, 0.3) is 5.56 Å². The second-order valence-electron chi connectivity index (χ2n) is 8.09. The molecule has 2 aromatic carbocycles.